The summed E-state index contributed by atoms with van der Waals surface area (Å²) in [6, 6.07) is 3.39. The predicted molar refractivity (Wildman–Crippen MR) is 75.9 cm³/mol. The highest BCUT2D eigenvalue weighted by molar-refractivity contribution is 4.99. The maximum absolute atomic E-state index is 3.67. The van der Waals surface area contributed by atoms with Crippen molar-refractivity contribution in [2.45, 2.75) is 69.6 Å². The van der Waals surface area contributed by atoms with E-state index in [4.69, 9.17) is 0 Å². The van der Waals surface area contributed by atoms with E-state index in [2.05, 4.69) is 29.1 Å². The van der Waals surface area contributed by atoms with Crippen LogP contribution in [0.15, 0.2) is 0 Å². The number of hydrogen-bond donors (Lipinski definition) is 1. The smallest absolute Gasteiger partial charge is 0.0220 e. The minimum atomic E-state index is 0.796. The molecule has 0 aromatic carbocycles. The van der Waals surface area contributed by atoms with E-state index < -0.39 is 0 Å². The lowest BCUT2D eigenvalue weighted by atomic mass is 9.96. The quantitative estimate of drug-likeness (QED) is 0.820. The van der Waals surface area contributed by atoms with Gasteiger partial charge in [0.15, 0.2) is 0 Å². The Hall–Kier alpha value is -0.120. The highest BCUT2D eigenvalue weighted by atomic mass is 15.3. The average molecular weight is 251 g/mol. The van der Waals surface area contributed by atoms with Crippen LogP contribution >= 0.6 is 0 Å². The molecule has 3 aliphatic rings. The van der Waals surface area contributed by atoms with E-state index in [-0.39, 0.29) is 0 Å². The fourth-order valence-corrected chi connectivity index (χ4v) is 4.48. The van der Waals surface area contributed by atoms with Crippen LogP contribution in [0.1, 0.15) is 45.4 Å². The lowest BCUT2D eigenvalue weighted by Crippen LogP contribution is -2.52. The zero-order valence-electron chi connectivity index (χ0n) is 12.1. The molecule has 2 bridgehead atoms. The van der Waals surface area contributed by atoms with Gasteiger partial charge in [0.05, 0.1) is 0 Å². The molecule has 3 nitrogen and oxygen atoms in total. The summed E-state index contributed by atoms with van der Waals surface area (Å²) in [6.07, 6.45) is 8.50. The number of likely N-dealkylation sites (N-methyl/N-ethyl adjacent to an activating group) is 1. The zero-order valence-corrected chi connectivity index (χ0v) is 12.1. The molecule has 3 fully saturated rings. The Morgan fingerprint density at radius 3 is 2.39 bits per heavy atom. The third-order valence-electron chi connectivity index (χ3n) is 5.47. The van der Waals surface area contributed by atoms with Crippen molar-refractivity contribution < 1.29 is 0 Å². The molecule has 1 N–H and O–H groups in total. The molecule has 104 valence electrons. The van der Waals surface area contributed by atoms with Crippen LogP contribution in [0.5, 0.6) is 0 Å². The predicted octanol–water partition coefficient (Wildman–Crippen LogP) is 1.69. The summed E-state index contributed by atoms with van der Waals surface area (Å²) < 4.78 is 0. The first-order valence-corrected chi connectivity index (χ1v) is 7.97. The van der Waals surface area contributed by atoms with E-state index in [1.54, 1.807) is 0 Å². The highest BCUT2D eigenvalue weighted by Crippen LogP contribution is 2.36. The number of nitrogens with zero attached hydrogens (tertiary/aromatic N) is 2. The minimum absolute atomic E-state index is 0.796. The van der Waals surface area contributed by atoms with Gasteiger partial charge in [0.25, 0.3) is 0 Å². The van der Waals surface area contributed by atoms with Crippen LogP contribution in [0, 0.1) is 0 Å². The molecule has 3 rings (SSSR count). The van der Waals surface area contributed by atoms with E-state index in [0.717, 1.165) is 30.7 Å². The topological polar surface area (TPSA) is 18.5 Å². The van der Waals surface area contributed by atoms with Crippen molar-refractivity contribution in [1.29, 1.82) is 0 Å². The van der Waals surface area contributed by atoms with Gasteiger partial charge in [0, 0.05) is 30.7 Å². The molecule has 0 radical (unpaired) electrons. The van der Waals surface area contributed by atoms with Gasteiger partial charge in [-0.2, -0.15) is 0 Å². The lowest BCUT2D eigenvalue weighted by Gasteiger charge is -2.41. The second kappa shape index (κ2) is 5.48. The molecule has 3 heteroatoms. The maximum atomic E-state index is 3.67. The van der Waals surface area contributed by atoms with E-state index in [1.807, 2.05) is 0 Å². The van der Waals surface area contributed by atoms with Crippen LogP contribution in [-0.4, -0.2) is 60.6 Å². The van der Waals surface area contributed by atoms with Crippen LogP contribution in [0.3, 0.4) is 0 Å². The third-order valence-corrected chi connectivity index (χ3v) is 5.47. The molecule has 3 heterocycles. The maximum Gasteiger partial charge on any atom is 0.0220 e. The third kappa shape index (κ3) is 2.45. The second-order valence-corrected chi connectivity index (χ2v) is 6.58. The average Bonchev–Trinajstić information content (AvgIpc) is 2.84. The molecule has 0 saturated carbocycles. The molecular weight excluding hydrogens is 222 g/mol. The van der Waals surface area contributed by atoms with Crippen molar-refractivity contribution in [2.75, 3.05) is 26.7 Å². The first-order chi connectivity index (χ1) is 8.78. The van der Waals surface area contributed by atoms with Crippen molar-refractivity contribution in [3.05, 3.63) is 0 Å². The number of nitrogens with one attached hydrogen (secondary N) is 1. The van der Waals surface area contributed by atoms with E-state index in [9.17, 15) is 0 Å². The minimum Gasteiger partial charge on any atom is -0.314 e. The summed E-state index contributed by atoms with van der Waals surface area (Å²) in [5.74, 6) is 0. The van der Waals surface area contributed by atoms with Gasteiger partial charge >= 0.3 is 0 Å². The normalized spacial score (nSPS) is 41.7. The standard InChI is InChI=1S/C15H29N3/c1-3-16-12-9-13-6-7-14(10-12)18(13)11-15-5-4-8-17(15)2/h12-16H,3-11H2,1-2H3. The van der Waals surface area contributed by atoms with Crippen LogP contribution < -0.4 is 5.32 Å². The van der Waals surface area contributed by atoms with Crippen LogP contribution in [0.25, 0.3) is 0 Å². The first kappa shape index (κ1) is 12.9. The fourth-order valence-electron chi connectivity index (χ4n) is 4.48. The molecule has 3 saturated heterocycles. The van der Waals surface area contributed by atoms with Crippen LogP contribution in [0.2, 0.25) is 0 Å². The van der Waals surface area contributed by atoms with Crippen molar-refractivity contribution in [2.24, 2.45) is 0 Å². The summed E-state index contributed by atoms with van der Waals surface area (Å²) in [5.41, 5.74) is 0. The van der Waals surface area contributed by atoms with E-state index in [0.29, 0.717) is 0 Å². The zero-order chi connectivity index (χ0) is 12.5. The molecule has 18 heavy (non-hydrogen) atoms. The van der Waals surface area contributed by atoms with Gasteiger partial charge in [-0.15, -0.1) is 0 Å². The van der Waals surface area contributed by atoms with Gasteiger partial charge in [0.1, 0.15) is 0 Å². The Morgan fingerprint density at radius 2 is 1.83 bits per heavy atom. The number of rotatable bonds is 4. The highest BCUT2D eigenvalue weighted by Gasteiger charge is 2.41. The Labute approximate surface area is 112 Å². The summed E-state index contributed by atoms with van der Waals surface area (Å²) in [6.45, 7) is 6.02. The molecule has 0 amide bonds. The monoisotopic (exact) mass is 251 g/mol. The number of piperidine rings is 1. The lowest BCUT2D eigenvalue weighted by molar-refractivity contribution is 0.0892. The number of hydrogen-bond acceptors (Lipinski definition) is 3. The number of fused-ring (bicyclic) bond motifs is 2. The molecule has 3 atom stereocenters. The molecule has 0 aromatic rings. The Kier molecular flexibility index (Phi) is 3.92. The van der Waals surface area contributed by atoms with Gasteiger partial charge < -0.3 is 10.2 Å². The molecule has 0 aromatic heterocycles. The van der Waals surface area contributed by atoms with Gasteiger partial charge in [-0.05, 0) is 58.7 Å². The van der Waals surface area contributed by atoms with Gasteiger partial charge in [0.2, 0.25) is 0 Å². The van der Waals surface area contributed by atoms with E-state index >= 15 is 0 Å². The Balaban J connectivity index is 1.58. The molecule has 3 aliphatic heterocycles. The van der Waals surface area contributed by atoms with Gasteiger partial charge in [-0.25, -0.2) is 0 Å². The Morgan fingerprint density at radius 1 is 1.11 bits per heavy atom. The number of likely N-dealkylation sites (tertiary alicyclic amines) is 1. The van der Waals surface area contributed by atoms with Crippen LogP contribution in [-0.2, 0) is 0 Å². The Bertz CT molecular complexity index is 267. The summed E-state index contributed by atoms with van der Waals surface area (Å²) in [7, 11) is 2.31. The van der Waals surface area contributed by atoms with Gasteiger partial charge in [-0.1, -0.05) is 6.92 Å². The largest absolute Gasteiger partial charge is 0.314 e. The van der Waals surface area contributed by atoms with E-state index in [1.165, 1.54) is 51.6 Å². The fraction of sp³-hybridized carbons (Fsp3) is 1.00. The van der Waals surface area contributed by atoms with Gasteiger partial charge in [-0.3, -0.25) is 4.90 Å². The van der Waals surface area contributed by atoms with Crippen molar-refractivity contribution in [1.82, 2.24) is 15.1 Å². The van der Waals surface area contributed by atoms with Crippen molar-refractivity contribution in [3.8, 4) is 0 Å². The molecule has 0 aliphatic carbocycles. The van der Waals surface area contributed by atoms with Crippen molar-refractivity contribution in [3.63, 3.8) is 0 Å². The summed E-state index contributed by atoms with van der Waals surface area (Å²) >= 11 is 0. The SMILES string of the molecule is CCNC1CC2CCC(C1)N2CC1CCCN1C. The summed E-state index contributed by atoms with van der Waals surface area (Å²) in [5, 5.41) is 3.67. The van der Waals surface area contributed by atoms with Crippen molar-refractivity contribution >= 4 is 0 Å². The second-order valence-electron chi connectivity index (χ2n) is 6.58. The first-order valence-electron chi connectivity index (χ1n) is 7.97. The molecular formula is C15H29N3. The van der Waals surface area contributed by atoms with Crippen LogP contribution in [0.4, 0.5) is 0 Å². The molecule has 0 spiro atoms. The molecule has 3 unspecified atom stereocenters. The summed E-state index contributed by atoms with van der Waals surface area (Å²) in [4.78, 5) is 5.44.